The van der Waals surface area contributed by atoms with Crippen LogP contribution in [-0.2, 0) is 9.84 Å². The van der Waals surface area contributed by atoms with Crippen molar-refractivity contribution in [1.82, 2.24) is 5.32 Å². The average Bonchev–Trinajstić information content (AvgIpc) is 2.36. The first-order valence-corrected chi connectivity index (χ1v) is 7.97. The van der Waals surface area contributed by atoms with E-state index in [9.17, 15) is 13.2 Å². The fraction of sp³-hybridized carbons (Fsp3) is 0.214. The quantitative estimate of drug-likeness (QED) is 0.923. The molecule has 5 heteroatoms. The molecule has 0 aliphatic carbocycles. The van der Waals surface area contributed by atoms with Crippen molar-refractivity contribution in [3.63, 3.8) is 0 Å². The summed E-state index contributed by atoms with van der Waals surface area (Å²) in [7, 11) is -3.06. The summed E-state index contributed by atoms with van der Waals surface area (Å²) in [4.78, 5) is 12.0. The van der Waals surface area contributed by atoms with Crippen LogP contribution in [0.4, 0.5) is 0 Å². The lowest BCUT2D eigenvalue weighted by Crippen LogP contribution is -2.28. The maximum atomic E-state index is 12.0. The van der Waals surface area contributed by atoms with Gasteiger partial charge in [-0.2, -0.15) is 0 Å². The Bertz CT molecular complexity index is 702. The Labute approximate surface area is 112 Å². The van der Waals surface area contributed by atoms with Crippen LogP contribution in [0, 0.1) is 0 Å². The molecule has 0 saturated carbocycles. The van der Waals surface area contributed by atoms with Crippen LogP contribution < -0.4 is 5.32 Å². The first kappa shape index (κ1) is 13.5. The number of benzene rings is 2. The summed E-state index contributed by atoms with van der Waals surface area (Å²) < 4.78 is 22.0. The Hall–Kier alpha value is -1.88. The van der Waals surface area contributed by atoms with Crippen LogP contribution in [0.15, 0.2) is 42.5 Å². The number of carbonyl (C=O) groups excluding carboxylic acids is 1. The van der Waals surface area contributed by atoms with E-state index in [1.54, 1.807) is 6.07 Å². The molecule has 2 rings (SSSR count). The summed E-state index contributed by atoms with van der Waals surface area (Å²) in [5.74, 6) is -0.302. The molecule has 0 atom stereocenters. The topological polar surface area (TPSA) is 63.2 Å². The smallest absolute Gasteiger partial charge is 0.251 e. The highest BCUT2D eigenvalue weighted by atomic mass is 32.2. The minimum atomic E-state index is -3.06. The summed E-state index contributed by atoms with van der Waals surface area (Å²) in [5, 5.41) is 4.48. The summed E-state index contributed by atoms with van der Waals surface area (Å²) in [6, 6.07) is 13.1. The van der Waals surface area contributed by atoms with Crippen molar-refractivity contribution in [3.8, 4) is 0 Å². The molecule has 0 radical (unpaired) electrons. The Morgan fingerprint density at radius 1 is 1.11 bits per heavy atom. The molecule has 0 aliphatic rings. The van der Waals surface area contributed by atoms with Gasteiger partial charge in [0.1, 0.15) is 9.84 Å². The molecule has 4 nitrogen and oxygen atoms in total. The van der Waals surface area contributed by atoms with Crippen molar-refractivity contribution in [2.75, 3.05) is 18.6 Å². The minimum Gasteiger partial charge on any atom is -0.351 e. The lowest BCUT2D eigenvalue weighted by atomic mass is 10.0. The lowest BCUT2D eigenvalue weighted by Gasteiger charge is -2.07. The van der Waals surface area contributed by atoms with Crippen LogP contribution in [0.5, 0.6) is 0 Å². The van der Waals surface area contributed by atoms with Gasteiger partial charge in [0.25, 0.3) is 5.91 Å². The van der Waals surface area contributed by atoms with E-state index in [1.165, 1.54) is 0 Å². The zero-order chi connectivity index (χ0) is 13.9. The predicted molar refractivity (Wildman–Crippen MR) is 76.0 cm³/mol. The molecular weight excluding hydrogens is 262 g/mol. The van der Waals surface area contributed by atoms with Crippen molar-refractivity contribution in [1.29, 1.82) is 0 Å². The van der Waals surface area contributed by atoms with E-state index in [0.717, 1.165) is 17.0 Å². The first-order chi connectivity index (χ1) is 8.97. The zero-order valence-electron chi connectivity index (χ0n) is 10.6. The van der Waals surface area contributed by atoms with Crippen LogP contribution in [0.2, 0.25) is 0 Å². The molecule has 0 fully saturated rings. The third-order valence-electron chi connectivity index (χ3n) is 2.79. The van der Waals surface area contributed by atoms with Gasteiger partial charge in [-0.15, -0.1) is 0 Å². The molecule has 2 aromatic rings. The number of hydrogen-bond donors (Lipinski definition) is 1. The maximum Gasteiger partial charge on any atom is 0.251 e. The Kier molecular flexibility index (Phi) is 3.85. The summed E-state index contributed by atoms with van der Waals surface area (Å²) in [6.45, 7) is 0.126. The lowest BCUT2D eigenvalue weighted by molar-refractivity contribution is 0.0958. The van der Waals surface area contributed by atoms with Gasteiger partial charge >= 0.3 is 0 Å². The van der Waals surface area contributed by atoms with Crippen molar-refractivity contribution in [2.24, 2.45) is 0 Å². The summed E-state index contributed by atoms with van der Waals surface area (Å²) >= 11 is 0. The van der Waals surface area contributed by atoms with E-state index in [4.69, 9.17) is 0 Å². The Morgan fingerprint density at radius 3 is 2.53 bits per heavy atom. The van der Waals surface area contributed by atoms with E-state index in [-0.39, 0.29) is 18.2 Å². The van der Waals surface area contributed by atoms with Gasteiger partial charge in [0.2, 0.25) is 0 Å². The molecule has 0 aliphatic heterocycles. The highest BCUT2D eigenvalue weighted by Crippen LogP contribution is 2.18. The third kappa shape index (κ3) is 3.54. The second-order valence-electron chi connectivity index (χ2n) is 4.41. The number of fused-ring (bicyclic) bond motifs is 1. The average molecular weight is 277 g/mol. The van der Waals surface area contributed by atoms with Gasteiger partial charge in [-0.05, 0) is 16.8 Å². The van der Waals surface area contributed by atoms with E-state index in [0.29, 0.717) is 5.56 Å². The number of hydrogen-bond acceptors (Lipinski definition) is 3. The molecule has 19 heavy (non-hydrogen) atoms. The monoisotopic (exact) mass is 277 g/mol. The largest absolute Gasteiger partial charge is 0.351 e. The van der Waals surface area contributed by atoms with Gasteiger partial charge in [-0.1, -0.05) is 36.4 Å². The van der Waals surface area contributed by atoms with Crippen molar-refractivity contribution in [2.45, 2.75) is 0 Å². The van der Waals surface area contributed by atoms with Gasteiger partial charge in [-0.3, -0.25) is 4.79 Å². The van der Waals surface area contributed by atoms with Crippen LogP contribution in [0.25, 0.3) is 10.8 Å². The van der Waals surface area contributed by atoms with Gasteiger partial charge in [0.15, 0.2) is 0 Å². The fourth-order valence-electron chi connectivity index (χ4n) is 1.87. The molecule has 0 saturated heterocycles. The van der Waals surface area contributed by atoms with E-state index in [2.05, 4.69) is 5.32 Å². The minimum absolute atomic E-state index is 0.0521. The second-order valence-corrected chi connectivity index (χ2v) is 6.67. The molecular formula is C14H15NO3S. The standard InChI is InChI=1S/C14H15NO3S/c1-19(17,18)10-9-15-14(16)13-8-4-6-11-5-2-3-7-12(11)13/h2-8H,9-10H2,1H3,(H,15,16). The normalized spacial score (nSPS) is 11.4. The number of amides is 1. The zero-order valence-corrected chi connectivity index (χ0v) is 11.4. The number of sulfone groups is 1. The van der Waals surface area contributed by atoms with Gasteiger partial charge in [-0.25, -0.2) is 8.42 Å². The van der Waals surface area contributed by atoms with E-state index < -0.39 is 9.84 Å². The molecule has 0 unspecified atom stereocenters. The van der Waals surface area contributed by atoms with Crippen molar-refractivity contribution < 1.29 is 13.2 Å². The van der Waals surface area contributed by atoms with E-state index in [1.807, 2.05) is 36.4 Å². The number of rotatable bonds is 4. The van der Waals surface area contributed by atoms with Gasteiger partial charge in [0.05, 0.1) is 5.75 Å². The molecule has 100 valence electrons. The molecule has 1 N–H and O–H groups in total. The van der Waals surface area contributed by atoms with E-state index >= 15 is 0 Å². The summed E-state index contributed by atoms with van der Waals surface area (Å²) in [5.41, 5.74) is 0.562. The van der Waals surface area contributed by atoms with Crippen LogP contribution in [0.1, 0.15) is 10.4 Å². The Morgan fingerprint density at radius 2 is 1.79 bits per heavy atom. The van der Waals surface area contributed by atoms with Crippen LogP contribution >= 0.6 is 0 Å². The van der Waals surface area contributed by atoms with Crippen LogP contribution in [0.3, 0.4) is 0 Å². The fourth-order valence-corrected chi connectivity index (χ4v) is 2.34. The Balaban J connectivity index is 2.18. The number of carbonyl (C=O) groups is 1. The highest BCUT2D eigenvalue weighted by Gasteiger charge is 2.10. The number of nitrogens with one attached hydrogen (secondary N) is 1. The summed E-state index contributed by atoms with van der Waals surface area (Å²) in [6.07, 6.45) is 1.15. The third-order valence-corrected chi connectivity index (χ3v) is 3.74. The van der Waals surface area contributed by atoms with Gasteiger partial charge < -0.3 is 5.32 Å². The molecule has 0 bridgehead atoms. The highest BCUT2D eigenvalue weighted by molar-refractivity contribution is 7.90. The maximum absolute atomic E-state index is 12.0. The molecule has 2 aromatic carbocycles. The van der Waals surface area contributed by atoms with Crippen molar-refractivity contribution >= 4 is 26.5 Å². The molecule has 0 heterocycles. The first-order valence-electron chi connectivity index (χ1n) is 5.91. The SMILES string of the molecule is CS(=O)(=O)CCNC(=O)c1cccc2ccccc12. The molecule has 1 amide bonds. The van der Waals surface area contributed by atoms with Crippen LogP contribution in [-0.4, -0.2) is 32.9 Å². The van der Waals surface area contributed by atoms with Gasteiger partial charge in [0, 0.05) is 18.4 Å². The molecule has 0 aromatic heterocycles. The molecule has 0 spiro atoms. The predicted octanol–water partition coefficient (Wildman–Crippen LogP) is 1.61. The van der Waals surface area contributed by atoms with Crippen molar-refractivity contribution in [3.05, 3.63) is 48.0 Å². The second kappa shape index (κ2) is 5.40.